The van der Waals surface area contributed by atoms with E-state index in [1.807, 2.05) is 17.0 Å². The number of likely N-dealkylation sites (tertiary alicyclic amines) is 1. The molecule has 1 aromatic rings. The molecule has 2 atom stereocenters. The van der Waals surface area contributed by atoms with Gasteiger partial charge in [0.2, 0.25) is 15.9 Å². The van der Waals surface area contributed by atoms with Crippen molar-refractivity contribution < 1.29 is 13.2 Å². The fraction of sp³-hybridized carbons (Fsp3) is 0.680. The smallest absolute Gasteiger partial charge is 0.241 e. The number of aliphatic imine (C=N–C) groups is 1. The normalized spacial score (nSPS) is 20.7. The summed E-state index contributed by atoms with van der Waals surface area (Å²) >= 11 is 5.99. The molecule has 35 heavy (non-hydrogen) atoms. The number of hydrogen-bond acceptors (Lipinski definition) is 4. The van der Waals surface area contributed by atoms with E-state index in [-0.39, 0.29) is 29.7 Å². The largest absolute Gasteiger partial charge is 0.370 e. The molecule has 1 aliphatic carbocycles. The van der Waals surface area contributed by atoms with Crippen molar-refractivity contribution in [1.82, 2.24) is 9.62 Å². The van der Waals surface area contributed by atoms with Gasteiger partial charge in [-0.3, -0.25) is 4.79 Å². The fourth-order valence-corrected chi connectivity index (χ4v) is 6.98. The molecule has 196 valence electrons. The van der Waals surface area contributed by atoms with E-state index < -0.39 is 16.1 Å². The van der Waals surface area contributed by atoms with Gasteiger partial charge in [-0.05, 0) is 67.6 Å². The van der Waals surface area contributed by atoms with E-state index in [9.17, 15) is 13.2 Å². The van der Waals surface area contributed by atoms with Crippen molar-refractivity contribution in [3.05, 3.63) is 34.9 Å². The quantitative estimate of drug-likeness (QED) is 0.337. The second-order valence-electron chi connectivity index (χ2n) is 10.1. The number of hydrogen-bond donors (Lipinski definition) is 3. The van der Waals surface area contributed by atoms with Crippen LogP contribution in [-0.4, -0.2) is 56.6 Å². The topological polar surface area (TPSA) is 131 Å². The van der Waals surface area contributed by atoms with Crippen molar-refractivity contribution in [3.63, 3.8) is 0 Å². The highest BCUT2D eigenvalue weighted by Crippen LogP contribution is 2.50. The zero-order valence-electron chi connectivity index (χ0n) is 20.9. The van der Waals surface area contributed by atoms with Crippen molar-refractivity contribution in [1.29, 1.82) is 0 Å². The molecule has 1 amide bonds. The monoisotopic (exact) mass is 525 g/mol. The molecule has 1 saturated heterocycles. The number of benzene rings is 1. The lowest BCUT2D eigenvalue weighted by molar-refractivity contribution is -0.136. The Bertz CT molecular complexity index is 981. The van der Waals surface area contributed by atoms with Gasteiger partial charge in [0.05, 0.1) is 12.3 Å². The molecular formula is C25H40ClN5O3S. The van der Waals surface area contributed by atoms with E-state index in [1.165, 1.54) is 32.1 Å². The van der Waals surface area contributed by atoms with Crippen LogP contribution >= 0.6 is 11.6 Å². The zero-order valence-corrected chi connectivity index (χ0v) is 22.5. The summed E-state index contributed by atoms with van der Waals surface area (Å²) in [6, 6.07) is 6.27. The Kier molecular flexibility index (Phi) is 9.46. The average molecular weight is 526 g/mol. The van der Waals surface area contributed by atoms with E-state index in [0.29, 0.717) is 24.0 Å². The van der Waals surface area contributed by atoms with E-state index >= 15 is 0 Å². The first-order valence-electron chi connectivity index (χ1n) is 12.6. The van der Waals surface area contributed by atoms with E-state index in [4.69, 9.17) is 23.1 Å². The molecule has 10 heteroatoms. The molecule has 2 aliphatic rings. The van der Waals surface area contributed by atoms with Gasteiger partial charge in [-0.15, -0.1) is 0 Å². The molecule has 5 N–H and O–H groups in total. The lowest BCUT2D eigenvalue weighted by Gasteiger charge is -2.51. The maximum Gasteiger partial charge on any atom is 0.241 e. The number of nitrogens with zero attached hydrogens (tertiary/aromatic N) is 2. The molecule has 1 heterocycles. The second-order valence-corrected chi connectivity index (χ2v) is 12.4. The molecule has 1 saturated carbocycles. The van der Waals surface area contributed by atoms with Crippen LogP contribution in [0.5, 0.6) is 0 Å². The molecule has 0 aromatic heterocycles. The van der Waals surface area contributed by atoms with Crippen molar-refractivity contribution in [2.75, 3.05) is 19.3 Å². The van der Waals surface area contributed by atoms with Crippen LogP contribution in [0.25, 0.3) is 0 Å². The second kappa shape index (κ2) is 11.9. The zero-order chi connectivity index (χ0) is 25.6. The highest BCUT2D eigenvalue weighted by atomic mass is 35.5. The van der Waals surface area contributed by atoms with Gasteiger partial charge in [0.25, 0.3) is 0 Å². The number of amides is 1. The first-order valence-corrected chi connectivity index (χ1v) is 14.9. The molecule has 8 nitrogen and oxygen atoms in total. The van der Waals surface area contributed by atoms with Gasteiger partial charge in [0.1, 0.15) is 6.04 Å². The van der Waals surface area contributed by atoms with Crippen LogP contribution in [0.15, 0.2) is 29.3 Å². The Morgan fingerprint density at radius 3 is 2.29 bits per heavy atom. The van der Waals surface area contributed by atoms with E-state index in [0.717, 1.165) is 31.1 Å². The molecular weight excluding hydrogens is 486 g/mol. The predicted octanol–water partition coefficient (Wildman–Crippen LogP) is 3.04. The molecule has 2 fully saturated rings. The third-order valence-corrected chi connectivity index (χ3v) is 8.75. The Morgan fingerprint density at radius 1 is 1.17 bits per heavy atom. The average Bonchev–Trinajstić information content (AvgIpc) is 2.82. The predicted molar refractivity (Wildman–Crippen MR) is 142 cm³/mol. The highest BCUT2D eigenvalue weighted by Gasteiger charge is 2.47. The van der Waals surface area contributed by atoms with Gasteiger partial charge in [0.15, 0.2) is 5.96 Å². The number of carbonyl (C=O) groups is 1. The van der Waals surface area contributed by atoms with Crippen LogP contribution in [0.4, 0.5) is 0 Å². The summed E-state index contributed by atoms with van der Waals surface area (Å²) < 4.78 is 26.7. The summed E-state index contributed by atoms with van der Waals surface area (Å²) in [6.45, 7) is 3.25. The maximum atomic E-state index is 13.6. The van der Waals surface area contributed by atoms with Gasteiger partial charge in [0, 0.05) is 18.1 Å². The Balaban J connectivity index is 1.80. The van der Waals surface area contributed by atoms with Crippen LogP contribution in [-0.2, 0) is 21.2 Å². The highest BCUT2D eigenvalue weighted by molar-refractivity contribution is 7.88. The molecule has 1 aliphatic heterocycles. The van der Waals surface area contributed by atoms with Gasteiger partial charge >= 0.3 is 0 Å². The Labute approximate surface area is 214 Å². The summed E-state index contributed by atoms with van der Waals surface area (Å²) in [7, 11) is -3.58. The minimum Gasteiger partial charge on any atom is -0.370 e. The Hall–Kier alpha value is -1.84. The summed E-state index contributed by atoms with van der Waals surface area (Å²) in [4.78, 5) is 20.0. The number of halogens is 1. The first kappa shape index (κ1) is 27.7. The summed E-state index contributed by atoms with van der Waals surface area (Å²) in [5.74, 6) is 0.448. The lowest BCUT2D eigenvalue weighted by atomic mass is 9.59. The van der Waals surface area contributed by atoms with Gasteiger partial charge in [-0.2, -0.15) is 0 Å². The molecule has 0 spiro atoms. The van der Waals surface area contributed by atoms with Crippen molar-refractivity contribution in [2.45, 2.75) is 76.8 Å². The van der Waals surface area contributed by atoms with Crippen LogP contribution in [0.1, 0.15) is 63.9 Å². The fourth-order valence-electron chi connectivity index (χ4n) is 6.16. The standard InChI is InChI=1S/C25H40ClN5O3S/c1-3-22(29-24(27)28)25(19-7-5-4-6-8-19)13-15-31(16-14-25)23(32)21(30-35(2,33)34)17-18-9-11-20(26)12-10-18/h9-12,19,21-22,30H,3-8,13-17H2,1-2H3,(H4,27,28,29). The molecule has 0 radical (unpaired) electrons. The summed E-state index contributed by atoms with van der Waals surface area (Å²) in [6.07, 6.45) is 9.84. The van der Waals surface area contributed by atoms with Crippen LogP contribution in [0.2, 0.25) is 5.02 Å². The van der Waals surface area contributed by atoms with Crippen LogP contribution in [0.3, 0.4) is 0 Å². The van der Waals surface area contributed by atoms with Gasteiger partial charge in [-0.25, -0.2) is 18.1 Å². The number of nitrogens with two attached hydrogens (primary N) is 2. The molecule has 0 bridgehead atoms. The third kappa shape index (κ3) is 7.33. The number of carbonyl (C=O) groups excluding carboxylic acids is 1. The number of piperidine rings is 1. The number of guanidine groups is 1. The minimum absolute atomic E-state index is 0.0202. The van der Waals surface area contributed by atoms with Gasteiger partial charge in [-0.1, -0.05) is 49.9 Å². The van der Waals surface area contributed by atoms with Crippen LogP contribution in [0, 0.1) is 11.3 Å². The SMILES string of the molecule is CCC(N=C(N)N)C1(C2CCCCC2)CCN(C(=O)C(Cc2ccc(Cl)cc2)NS(C)(=O)=O)CC1. The molecule has 2 unspecified atom stereocenters. The summed E-state index contributed by atoms with van der Waals surface area (Å²) in [5.41, 5.74) is 12.4. The lowest BCUT2D eigenvalue weighted by Crippen LogP contribution is -2.56. The van der Waals surface area contributed by atoms with Crippen molar-refractivity contribution >= 4 is 33.5 Å². The number of sulfonamides is 1. The van der Waals surface area contributed by atoms with Crippen molar-refractivity contribution in [2.24, 2.45) is 27.8 Å². The summed E-state index contributed by atoms with van der Waals surface area (Å²) in [5, 5.41) is 0.592. The molecule has 3 rings (SSSR count). The van der Waals surface area contributed by atoms with E-state index in [2.05, 4.69) is 16.6 Å². The molecule has 1 aromatic carbocycles. The first-order chi connectivity index (χ1) is 16.5. The van der Waals surface area contributed by atoms with Gasteiger partial charge < -0.3 is 16.4 Å². The van der Waals surface area contributed by atoms with E-state index in [1.54, 1.807) is 12.1 Å². The Morgan fingerprint density at radius 2 is 1.77 bits per heavy atom. The number of rotatable bonds is 9. The van der Waals surface area contributed by atoms with Crippen LogP contribution < -0.4 is 16.2 Å². The third-order valence-electron chi connectivity index (χ3n) is 7.79. The maximum absolute atomic E-state index is 13.6. The minimum atomic E-state index is -3.58. The number of nitrogens with one attached hydrogen (secondary N) is 1. The van der Waals surface area contributed by atoms with Crippen molar-refractivity contribution in [3.8, 4) is 0 Å².